The first-order valence-electron chi connectivity index (χ1n) is 7.78. The molecule has 0 aliphatic heterocycles. The molecule has 0 saturated carbocycles. The largest absolute Gasteiger partial charge is 0.490 e. The molecular formula is C18H12Cl2N2O3S. The minimum atomic E-state index is -0.407. The quantitative estimate of drug-likeness (QED) is 0.451. The van der Waals surface area contributed by atoms with Crippen LogP contribution in [-0.2, 0) is 0 Å². The molecule has 8 heteroatoms. The van der Waals surface area contributed by atoms with Gasteiger partial charge in [0.2, 0.25) is 0 Å². The third kappa shape index (κ3) is 3.00. The van der Waals surface area contributed by atoms with Gasteiger partial charge in [-0.05, 0) is 31.2 Å². The number of rotatable bonds is 4. The van der Waals surface area contributed by atoms with Crippen LogP contribution >= 0.6 is 34.5 Å². The third-order valence-electron chi connectivity index (χ3n) is 3.70. The Morgan fingerprint density at radius 2 is 2.08 bits per heavy atom. The van der Waals surface area contributed by atoms with E-state index in [1.807, 2.05) is 19.1 Å². The van der Waals surface area contributed by atoms with Gasteiger partial charge in [-0.3, -0.25) is 10.1 Å². The standard InChI is InChI=1S/C18H12Cl2N2O3S/c1-2-24-12-5-3-4-9-8-13(25-15(9)12)17(23)22-18-21-14-10(19)6-7-11(20)16(14)26-18/h3-8H,2H2,1H3,(H,21,22,23). The summed E-state index contributed by atoms with van der Waals surface area (Å²) in [7, 11) is 0. The maximum Gasteiger partial charge on any atom is 0.293 e. The van der Waals surface area contributed by atoms with Crippen molar-refractivity contribution >= 4 is 66.8 Å². The van der Waals surface area contributed by atoms with Gasteiger partial charge in [0.15, 0.2) is 22.2 Å². The predicted octanol–water partition coefficient (Wildman–Crippen LogP) is 6.00. The van der Waals surface area contributed by atoms with E-state index in [1.54, 1.807) is 24.3 Å². The number of carbonyl (C=O) groups is 1. The molecule has 1 N–H and O–H groups in total. The second-order valence-corrected chi connectivity index (χ2v) is 7.21. The number of benzene rings is 2. The van der Waals surface area contributed by atoms with Crippen LogP contribution in [0.4, 0.5) is 5.13 Å². The van der Waals surface area contributed by atoms with E-state index in [0.717, 1.165) is 10.1 Å². The molecule has 0 bridgehead atoms. The van der Waals surface area contributed by atoms with Gasteiger partial charge < -0.3 is 9.15 Å². The molecular weight excluding hydrogens is 395 g/mol. The summed E-state index contributed by atoms with van der Waals surface area (Å²) in [4.78, 5) is 16.9. The number of amides is 1. The molecule has 26 heavy (non-hydrogen) atoms. The Morgan fingerprint density at radius 1 is 1.27 bits per heavy atom. The Morgan fingerprint density at radius 3 is 2.85 bits per heavy atom. The monoisotopic (exact) mass is 406 g/mol. The molecule has 132 valence electrons. The Kier molecular flexibility index (Phi) is 4.48. The molecule has 5 nitrogen and oxygen atoms in total. The van der Waals surface area contributed by atoms with Gasteiger partial charge in [0.1, 0.15) is 5.52 Å². The van der Waals surface area contributed by atoms with Crippen molar-refractivity contribution in [2.75, 3.05) is 11.9 Å². The molecule has 0 radical (unpaired) electrons. The highest BCUT2D eigenvalue weighted by Crippen LogP contribution is 2.36. The van der Waals surface area contributed by atoms with Crippen LogP contribution in [0, 0.1) is 0 Å². The lowest BCUT2D eigenvalue weighted by Gasteiger charge is -2.02. The van der Waals surface area contributed by atoms with Crippen LogP contribution in [0.25, 0.3) is 21.2 Å². The van der Waals surface area contributed by atoms with Crippen LogP contribution in [0.2, 0.25) is 10.0 Å². The number of nitrogens with one attached hydrogen (secondary N) is 1. The lowest BCUT2D eigenvalue weighted by atomic mass is 10.2. The zero-order valence-corrected chi connectivity index (χ0v) is 15.8. The van der Waals surface area contributed by atoms with Crippen molar-refractivity contribution in [3.05, 3.63) is 52.2 Å². The highest BCUT2D eigenvalue weighted by molar-refractivity contribution is 7.23. The van der Waals surface area contributed by atoms with Gasteiger partial charge in [-0.1, -0.05) is 46.7 Å². The number of thiazole rings is 1. The number of hydrogen-bond acceptors (Lipinski definition) is 5. The number of nitrogens with zero attached hydrogens (tertiary/aromatic N) is 1. The first kappa shape index (κ1) is 17.1. The summed E-state index contributed by atoms with van der Waals surface area (Å²) in [5.41, 5.74) is 1.09. The third-order valence-corrected chi connectivity index (χ3v) is 5.43. The molecule has 2 aromatic carbocycles. The number of furan rings is 1. The highest BCUT2D eigenvalue weighted by Gasteiger charge is 2.18. The first-order chi connectivity index (χ1) is 12.6. The fourth-order valence-electron chi connectivity index (χ4n) is 2.57. The van der Waals surface area contributed by atoms with Gasteiger partial charge in [0.05, 0.1) is 21.4 Å². The van der Waals surface area contributed by atoms with E-state index in [0.29, 0.717) is 38.6 Å². The summed E-state index contributed by atoms with van der Waals surface area (Å²) in [6, 6.07) is 10.5. The average molecular weight is 407 g/mol. The van der Waals surface area contributed by atoms with Crippen molar-refractivity contribution in [2.24, 2.45) is 0 Å². The van der Waals surface area contributed by atoms with Gasteiger partial charge >= 0.3 is 0 Å². The second-order valence-electron chi connectivity index (χ2n) is 5.40. The lowest BCUT2D eigenvalue weighted by molar-refractivity contribution is 0.0998. The molecule has 2 aromatic heterocycles. The van der Waals surface area contributed by atoms with Crippen LogP contribution in [0.3, 0.4) is 0 Å². The van der Waals surface area contributed by atoms with Crippen LogP contribution in [-0.4, -0.2) is 17.5 Å². The average Bonchev–Trinajstić information content (AvgIpc) is 3.24. The molecule has 4 rings (SSSR count). The number of ether oxygens (including phenoxy) is 1. The molecule has 0 atom stereocenters. The summed E-state index contributed by atoms with van der Waals surface area (Å²) in [5.74, 6) is 0.362. The van der Waals surface area contributed by atoms with Gasteiger partial charge in [-0.25, -0.2) is 4.98 Å². The first-order valence-corrected chi connectivity index (χ1v) is 9.35. The molecule has 0 aliphatic rings. The maximum atomic E-state index is 12.6. The summed E-state index contributed by atoms with van der Waals surface area (Å²) >= 11 is 13.6. The Bertz CT molecular complexity index is 1100. The maximum absolute atomic E-state index is 12.6. The van der Waals surface area contributed by atoms with Crippen LogP contribution in [0.1, 0.15) is 17.5 Å². The normalized spacial score (nSPS) is 11.2. The van der Waals surface area contributed by atoms with Crippen molar-refractivity contribution in [3.63, 3.8) is 0 Å². The Hall–Kier alpha value is -2.28. The topological polar surface area (TPSA) is 64.4 Å². The molecule has 0 spiro atoms. The van der Waals surface area contributed by atoms with E-state index in [1.165, 1.54) is 11.3 Å². The van der Waals surface area contributed by atoms with E-state index < -0.39 is 5.91 Å². The van der Waals surface area contributed by atoms with E-state index in [-0.39, 0.29) is 5.76 Å². The Labute approximate surface area is 162 Å². The van der Waals surface area contributed by atoms with E-state index in [2.05, 4.69) is 10.3 Å². The Balaban J connectivity index is 1.66. The number of halogens is 2. The number of carbonyl (C=O) groups excluding carboxylic acids is 1. The summed E-state index contributed by atoms with van der Waals surface area (Å²) in [6.45, 7) is 2.40. The molecule has 2 heterocycles. The predicted molar refractivity (Wildman–Crippen MR) is 105 cm³/mol. The number of para-hydroxylation sites is 1. The zero-order chi connectivity index (χ0) is 18.3. The number of anilines is 1. The van der Waals surface area contributed by atoms with Crippen LogP contribution in [0.15, 0.2) is 40.8 Å². The lowest BCUT2D eigenvalue weighted by Crippen LogP contribution is -2.10. The van der Waals surface area contributed by atoms with Gasteiger partial charge in [0.25, 0.3) is 5.91 Å². The smallest absolute Gasteiger partial charge is 0.293 e. The highest BCUT2D eigenvalue weighted by atomic mass is 35.5. The molecule has 0 fully saturated rings. The summed E-state index contributed by atoms with van der Waals surface area (Å²) < 4.78 is 11.9. The molecule has 0 aliphatic carbocycles. The fourth-order valence-corrected chi connectivity index (χ4v) is 3.99. The zero-order valence-electron chi connectivity index (χ0n) is 13.5. The minimum Gasteiger partial charge on any atom is -0.490 e. The number of aromatic nitrogens is 1. The molecule has 4 aromatic rings. The van der Waals surface area contributed by atoms with Crippen molar-refractivity contribution in [1.82, 2.24) is 4.98 Å². The van der Waals surface area contributed by atoms with E-state index >= 15 is 0 Å². The summed E-state index contributed by atoms with van der Waals surface area (Å²) in [5, 5.41) is 4.93. The molecule has 0 saturated heterocycles. The van der Waals surface area contributed by atoms with Crippen LogP contribution < -0.4 is 10.1 Å². The molecule has 0 unspecified atom stereocenters. The molecule has 1 amide bonds. The van der Waals surface area contributed by atoms with Crippen LogP contribution in [0.5, 0.6) is 5.75 Å². The van der Waals surface area contributed by atoms with E-state index in [4.69, 9.17) is 32.4 Å². The number of hydrogen-bond donors (Lipinski definition) is 1. The fraction of sp³-hybridized carbons (Fsp3) is 0.111. The van der Waals surface area contributed by atoms with Gasteiger partial charge in [0, 0.05) is 5.39 Å². The number of fused-ring (bicyclic) bond motifs is 2. The van der Waals surface area contributed by atoms with E-state index in [9.17, 15) is 4.79 Å². The van der Waals surface area contributed by atoms with Crippen molar-refractivity contribution in [2.45, 2.75) is 6.92 Å². The minimum absolute atomic E-state index is 0.170. The van der Waals surface area contributed by atoms with Crippen molar-refractivity contribution < 1.29 is 13.9 Å². The SMILES string of the molecule is CCOc1cccc2cc(C(=O)Nc3nc4c(Cl)ccc(Cl)c4s3)oc12. The van der Waals surface area contributed by atoms with Gasteiger partial charge in [-0.15, -0.1) is 0 Å². The van der Waals surface area contributed by atoms with Gasteiger partial charge in [-0.2, -0.15) is 0 Å². The second kappa shape index (κ2) is 6.79. The summed E-state index contributed by atoms with van der Waals surface area (Å²) in [6.07, 6.45) is 0. The van der Waals surface area contributed by atoms with Crippen molar-refractivity contribution in [1.29, 1.82) is 0 Å². The van der Waals surface area contributed by atoms with Crippen molar-refractivity contribution in [3.8, 4) is 5.75 Å².